The molecule has 0 saturated carbocycles. The van der Waals surface area contributed by atoms with Gasteiger partial charge in [-0.05, 0) is 25.5 Å². The summed E-state index contributed by atoms with van der Waals surface area (Å²) in [6.45, 7) is 3.17. The lowest BCUT2D eigenvalue weighted by atomic mass is 10.1. The summed E-state index contributed by atoms with van der Waals surface area (Å²) in [5, 5.41) is 19.7. The minimum absolute atomic E-state index is 0.104. The summed E-state index contributed by atoms with van der Waals surface area (Å²) < 4.78 is 13.3. The summed E-state index contributed by atoms with van der Waals surface area (Å²) in [5.74, 6) is -0.550. The Kier molecular flexibility index (Phi) is 3.73. The Morgan fingerprint density at radius 2 is 2.25 bits per heavy atom. The van der Waals surface area contributed by atoms with Crippen LogP contribution in [0.4, 0.5) is 10.1 Å². The highest BCUT2D eigenvalue weighted by molar-refractivity contribution is 5.57. The van der Waals surface area contributed by atoms with Gasteiger partial charge in [-0.25, -0.2) is 4.39 Å². The smallest absolute Gasteiger partial charge is 0.270 e. The number of aliphatic hydroxyl groups is 1. The third-order valence-corrected chi connectivity index (χ3v) is 2.23. The molecule has 1 rings (SSSR count). The molecule has 1 aromatic rings. The summed E-state index contributed by atoms with van der Waals surface area (Å²) in [5.41, 5.74) is 0.470. The van der Waals surface area contributed by atoms with Gasteiger partial charge in [0.25, 0.3) is 5.69 Å². The number of rotatable bonds is 3. The largest absolute Gasteiger partial charge is 0.389 e. The number of hydrogen-bond acceptors (Lipinski definition) is 3. The quantitative estimate of drug-likeness (QED) is 0.635. The van der Waals surface area contributed by atoms with Crippen molar-refractivity contribution in [3.63, 3.8) is 0 Å². The lowest BCUT2D eigenvalue weighted by molar-refractivity contribution is -0.384. The topological polar surface area (TPSA) is 63.4 Å². The predicted molar refractivity (Wildman–Crippen MR) is 58.4 cm³/mol. The summed E-state index contributed by atoms with van der Waals surface area (Å²) >= 11 is 0. The minimum Gasteiger partial charge on any atom is -0.389 e. The highest BCUT2D eigenvalue weighted by Crippen LogP contribution is 2.19. The fraction of sp³-hybridized carbons (Fsp3) is 0.273. The highest BCUT2D eigenvalue weighted by Gasteiger charge is 2.10. The zero-order valence-corrected chi connectivity index (χ0v) is 8.98. The molecule has 1 N–H and O–H groups in total. The van der Waals surface area contributed by atoms with Gasteiger partial charge >= 0.3 is 0 Å². The van der Waals surface area contributed by atoms with Crippen LogP contribution in [0.3, 0.4) is 0 Å². The van der Waals surface area contributed by atoms with Crippen LogP contribution >= 0.6 is 0 Å². The first-order valence-corrected chi connectivity index (χ1v) is 4.72. The molecule has 0 heterocycles. The highest BCUT2D eigenvalue weighted by atomic mass is 19.1. The van der Waals surface area contributed by atoms with Gasteiger partial charge in [0, 0.05) is 17.7 Å². The Balaban J connectivity index is 3.18. The molecule has 0 aliphatic heterocycles. The van der Waals surface area contributed by atoms with Gasteiger partial charge in [-0.3, -0.25) is 10.1 Å². The molecule has 1 aromatic carbocycles. The van der Waals surface area contributed by atoms with E-state index in [1.807, 2.05) is 0 Å². The first-order valence-electron chi connectivity index (χ1n) is 4.72. The van der Waals surface area contributed by atoms with Crippen LogP contribution in [0.15, 0.2) is 23.8 Å². The lowest BCUT2D eigenvalue weighted by Crippen LogP contribution is -2.01. The van der Waals surface area contributed by atoms with E-state index >= 15 is 0 Å². The molecular weight excluding hydrogens is 213 g/mol. The Labute approximate surface area is 92.2 Å². The monoisotopic (exact) mass is 225 g/mol. The molecule has 0 aliphatic carbocycles. The maximum atomic E-state index is 13.3. The average molecular weight is 225 g/mol. The first kappa shape index (κ1) is 12.3. The van der Waals surface area contributed by atoms with Crippen LogP contribution in [0.25, 0.3) is 6.08 Å². The molecule has 1 unspecified atom stereocenters. The van der Waals surface area contributed by atoms with E-state index in [4.69, 9.17) is 0 Å². The van der Waals surface area contributed by atoms with E-state index in [-0.39, 0.29) is 11.3 Å². The second kappa shape index (κ2) is 4.85. The van der Waals surface area contributed by atoms with Crippen LogP contribution in [0, 0.1) is 15.9 Å². The Bertz CT molecular complexity index is 441. The molecule has 0 bridgehead atoms. The fourth-order valence-electron chi connectivity index (χ4n) is 1.12. The molecule has 0 aromatic heterocycles. The van der Waals surface area contributed by atoms with E-state index in [1.54, 1.807) is 13.8 Å². The predicted octanol–water partition coefficient (Wildman–Crippen LogP) is 2.52. The molecular formula is C11H12FNO3. The van der Waals surface area contributed by atoms with Gasteiger partial charge in [-0.2, -0.15) is 0 Å². The molecule has 0 amide bonds. The summed E-state index contributed by atoms with van der Waals surface area (Å²) in [6, 6.07) is 3.28. The number of halogens is 1. The molecule has 5 heteroatoms. The van der Waals surface area contributed by atoms with E-state index in [9.17, 15) is 19.6 Å². The second-order valence-electron chi connectivity index (χ2n) is 3.53. The third kappa shape index (κ3) is 2.87. The molecule has 0 fully saturated rings. The number of aliphatic hydroxyl groups excluding tert-OH is 1. The summed E-state index contributed by atoms with van der Waals surface area (Å²) in [4.78, 5) is 9.91. The number of benzene rings is 1. The normalized spacial score (nSPS) is 13.6. The number of nitro groups is 1. The average Bonchev–Trinajstić information content (AvgIpc) is 2.20. The molecule has 86 valence electrons. The van der Waals surface area contributed by atoms with Gasteiger partial charge in [-0.15, -0.1) is 0 Å². The maximum Gasteiger partial charge on any atom is 0.270 e. The summed E-state index contributed by atoms with van der Waals surface area (Å²) in [7, 11) is 0. The van der Waals surface area contributed by atoms with Crippen molar-refractivity contribution in [2.24, 2.45) is 0 Å². The van der Waals surface area contributed by atoms with E-state index in [2.05, 4.69) is 0 Å². The molecule has 1 atom stereocenters. The van der Waals surface area contributed by atoms with Crippen LogP contribution in [0.5, 0.6) is 0 Å². The first-order chi connectivity index (χ1) is 7.41. The van der Waals surface area contributed by atoms with Crippen LogP contribution in [0.1, 0.15) is 19.4 Å². The van der Waals surface area contributed by atoms with Crippen molar-refractivity contribution in [2.75, 3.05) is 0 Å². The van der Waals surface area contributed by atoms with Gasteiger partial charge in [-0.1, -0.05) is 6.08 Å². The number of nitrogens with zero attached hydrogens (tertiary/aromatic N) is 1. The van der Waals surface area contributed by atoms with Crippen LogP contribution < -0.4 is 0 Å². The number of nitro benzene ring substituents is 1. The zero-order valence-electron chi connectivity index (χ0n) is 8.98. The SMILES string of the molecule is C/C(=C\c1cc([N+](=O)[O-])ccc1F)C(C)O. The molecule has 0 aliphatic rings. The zero-order chi connectivity index (χ0) is 12.3. The van der Waals surface area contributed by atoms with Crippen LogP contribution in [-0.2, 0) is 0 Å². The van der Waals surface area contributed by atoms with Crippen molar-refractivity contribution in [1.82, 2.24) is 0 Å². The van der Waals surface area contributed by atoms with Gasteiger partial charge in [0.05, 0.1) is 11.0 Å². The molecule has 4 nitrogen and oxygen atoms in total. The van der Waals surface area contributed by atoms with E-state index < -0.39 is 16.8 Å². The Morgan fingerprint density at radius 1 is 1.62 bits per heavy atom. The van der Waals surface area contributed by atoms with Crippen molar-refractivity contribution in [1.29, 1.82) is 0 Å². The van der Waals surface area contributed by atoms with Crippen molar-refractivity contribution < 1.29 is 14.4 Å². The molecule has 0 spiro atoms. The van der Waals surface area contributed by atoms with Crippen LogP contribution in [0.2, 0.25) is 0 Å². The molecule has 0 saturated heterocycles. The standard InChI is InChI=1S/C11H12FNO3/c1-7(8(2)14)5-9-6-10(13(15)16)3-4-11(9)12/h3-6,8,14H,1-2H3/b7-5+. The van der Waals surface area contributed by atoms with E-state index in [1.165, 1.54) is 6.08 Å². The summed E-state index contributed by atoms with van der Waals surface area (Å²) in [6.07, 6.45) is 0.686. The van der Waals surface area contributed by atoms with E-state index in [0.29, 0.717) is 5.57 Å². The van der Waals surface area contributed by atoms with Crippen molar-refractivity contribution >= 4 is 11.8 Å². The van der Waals surface area contributed by atoms with Crippen LogP contribution in [-0.4, -0.2) is 16.1 Å². The number of hydrogen-bond donors (Lipinski definition) is 1. The van der Waals surface area contributed by atoms with Gasteiger partial charge < -0.3 is 5.11 Å². The fourth-order valence-corrected chi connectivity index (χ4v) is 1.12. The Hall–Kier alpha value is -1.75. The van der Waals surface area contributed by atoms with Crippen molar-refractivity contribution in [3.8, 4) is 0 Å². The molecule has 16 heavy (non-hydrogen) atoms. The van der Waals surface area contributed by atoms with Gasteiger partial charge in [0.1, 0.15) is 5.82 Å². The third-order valence-electron chi connectivity index (χ3n) is 2.23. The van der Waals surface area contributed by atoms with Crippen molar-refractivity contribution in [2.45, 2.75) is 20.0 Å². The van der Waals surface area contributed by atoms with Gasteiger partial charge in [0.2, 0.25) is 0 Å². The number of non-ortho nitro benzene ring substituents is 1. The van der Waals surface area contributed by atoms with Crippen molar-refractivity contribution in [3.05, 3.63) is 45.3 Å². The van der Waals surface area contributed by atoms with Gasteiger partial charge in [0.15, 0.2) is 0 Å². The second-order valence-corrected chi connectivity index (χ2v) is 3.53. The van der Waals surface area contributed by atoms with E-state index in [0.717, 1.165) is 18.2 Å². The minimum atomic E-state index is -0.710. The molecule has 0 radical (unpaired) electrons. The Morgan fingerprint density at radius 3 is 2.75 bits per heavy atom. The lowest BCUT2D eigenvalue weighted by Gasteiger charge is -2.04. The maximum absolute atomic E-state index is 13.3.